The Kier molecular flexibility index (Phi) is 20.4. The highest BCUT2D eigenvalue weighted by atomic mass is 28.4. The minimum atomic E-state index is -1.84. The molecule has 0 saturated carbocycles. The molecule has 0 N–H and O–H groups in total. The lowest BCUT2D eigenvalue weighted by Gasteiger charge is -2.37. The molecular weight excluding hydrogens is 522 g/mol. The van der Waals surface area contributed by atoms with Gasteiger partial charge in [-0.1, -0.05) is 143 Å². The number of nitriles is 1. The van der Waals surface area contributed by atoms with Crippen molar-refractivity contribution in [3.8, 4) is 11.8 Å². The van der Waals surface area contributed by atoms with Crippen LogP contribution >= 0.6 is 0 Å². The molecule has 1 aromatic rings. The maximum absolute atomic E-state index is 9.20. The number of nitrogens with zero attached hydrogens (tertiary/aromatic N) is 1. The Morgan fingerprint density at radius 1 is 0.780 bits per heavy atom. The average Bonchev–Trinajstić information content (AvgIpc) is 2.94. The van der Waals surface area contributed by atoms with Gasteiger partial charge in [-0.2, -0.15) is 5.26 Å². The van der Waals surface area contributed by atoms with E-state index in [9.17, 15) is 5.26 Å². The predicted molar refractivity (Wildman–Crippen MR) is 178 cm³/mol. The fraction of sp³-hybridized carbons (Fsp3) is 0.806. The summed E-state index contributed by atoms with van der Waals surface area (Å²) in [5.74, 6) is 0.714. The minimum absolute atomic E-state index is 0.0702. The van der Waals surface area contributed by atoms with Crippen molar-refractivity contribution in [2.75, 3.05) is 13.7 Å². The number of ether oxygens (including phenoxy) is 2. The summed E-state index contributed by atoms with van der Waals surface area (Å²) in [4.78, 5) is 0. The summed E-state index contributed by atoms with van der Waals surface area (Å²) in [7, 11) is -0.192. The Morgan fingerprint density at radius 3 is 1.71 bits per heavy atom. The first-order chi connectivity index (χ1) is 19.6. The van der Waals surface area contributed by atoms with E-state index in [4.69, 9.17) is 13.9 Å². The first-order valence-corrected chi connectivity index (χ1v) is 19.9. The molecule has 5 heteroatoms. The van der Waals surface area contributed by atoms with Gasteiger partial charge < -0.3 is 13.9 Å². The second-order valence-electron chi connectivity index (χ2n) is 13.6. The molecule has 0 saturated heterocycles. The maximum Gasteiger partial charge on any atom is 0.192 e. The summed E-state index contributed by atoms with van der Waals surface area (Å²) < 4.78 is 18.5. The zero-order chi connectivity index (χ0) is 30.4. The number of rotatable bonds is 25. The fourth-order valence-electron chi connectivity index (χ4n) is 4.97. The monoisotopic (exact) mass is 587 g/mol. The summed E-state index contributed by atoms with van der Waals surface area (Å²) in [5.41, 5.74) is 1.58. The highest BCUT2D eigenvalue weighted by Crippen LogP contribution is 2.37. The molecule has 0 unspecified atom stereocenters. The third-order valence-corrected chi connectivity index (χ3v) is 13.5. The highest BCUT2D eigenvalue weighted by molar-refractivity contribution is 6.74. The number of hydrogen-bond donors (Lipinski definition) is 0. The van der Waals surface area contributed by atoms with Crippen LogP contribution in [0.1, 0.15) is 154 Å². The largest absolute Gasteiger partial charge is 0.496 e. The van der Waals surface area contributed by atoms with Crippen LogP contribution in [0.15, 0.2) is 18.2 Å². The summed E-state index contributed by atoms with van der Waals surface area (Å²) in [6.45, 7) is 14.9. The van der Waals surface area contributed by atoms with Crippen molar-refractivity contribution in [1.82, 2.24) is 0 Å². The Morgan fingerprint density at radius 2 is 1.27 bits per heavy atom. The van der Waals surface area contributed by atoms with Gasteiger partial charge >= 0.3 is 0 Å². The quantitative estimate of drug-likeness (QED) is 0.0843. The molecule has 0 aliphatic heterocycles. The second kappa shape index (κ2) is 22.2. The summed E-state index contributed by atoms with van der Waals surface area (Å²) in [6, 6.07) is 7.75. The first kappa shape index (κ1) is 37.7. The van der Waals surface area contributed by atoms with E-state index < -0.39 is 8.32 Å². The van der Waals surface area contributed by atoms with Gasteiger partial charge in [0.15, 0.2) is 8.32 Å². The topological polar surface area (TPSA) is 51.5 Å². The van der Waals surface area contributed by atoms with Crippen LogP contribution in [-0.4, -0.2) is 28.1 Å². The van der Waals surface area contributed by atoms with Crippen LogP contribution in [0.2, 0.25) is 18.1 Å². The molecule has 1 aromatic carbocycles. The Hall–Kier alpha value is -1.35. The van der Waals surface area contributed by atoms with Crippen LogP contribution < -0.4 is 4.74 Å². The average molecular weight is 588 g/mol. The molecule has 236 valence electrons. The molecular formula is C36H65NO3Si. The van der Waals surface area contributed by atoms with Crippen LogP contribution in [0.5, 0.6) is 5.75 Å². The highest BCUT2D eigenvalue weighted by Gasteiger charge is 2.37. The minimum Gasteiger partial charge on any atom is -0.496 e. The van der Waals surface area contributed by atoms with E-state index in [1.807, 2.05) is 12.1 Å². The van der Waals surface area contributed by atoms with Gasteiger partial charge in [-0.05, 0) is 36.7 Å². The van der Waals surface area contributed by atoms with E-state index in [1.165, 1.54) is 109 Å². The van der Waals surface area contributed by atoms with Gasteiger partial charge in [0.25, 0.3) is 0 Å². The van der Waals surface area contributed by atoms with E-state index in [0.29, 0.717) is 24.5 Å². The van der Waals surface area contributed by atoms with Crippen LogP contribution in [0, 0.1) is 11.3 Å². The normalized spacial score (nSPS) is 12.8. The third kappa shape index (κ3) is 17.4. The molecule has 4 nitrogen and oxygen atoms in total. The number of methoxy groups -OCH3 is 1. The Balaban J connectivity index is 2.30. The number of hydrogen-bond acceptors (Lipinski definition) is 4. The molecule has 0 spiro atoms. The van der Waals surface area contributed by atoms with Crippen molar-refractivity contribution in [2.24, 2.45) is 0 Å². The van der Waals surface area contributed by atoms with Crippen LogP contribution in [0.25, 0.3) is 0 Å². The molecule has 0 bridgehead atoms. The van der Waals surface area contributed by atoms with E-state index in [-0.39, 0.29) is 11.1 Å². The van der Waals surface area contributed by atoms with Crippen LogP contribution in [0.3, 0.4) is 0 Å². The van der Waals surface area contributed by atoms with Crippen molar-refractivity contribution in [3.63, 3.8) is 0 Å². The smallest absolute Gasteiger partial charge is 0.192 e. The molecule has 0 amide bonds. The van der Waals surface area contributed by atoms with Crippen LogP contribution in [0.4, 0.5) is 0 Å². The fourth-order valence-corrected chi connectivity index (χ4v) is 6.01. The number of unbranched alkanes of at least 4 members (excludes halogenated alkanes) is 16. The number of benzene rings is 1. The van der Waals surface area contributed by atoms with Crippen molar-refractivity contribution < 1.29 is 13.9 Å². The molecule has 1 rings (SSSR count). The van der Waals surface area contributed by atoms with Gasteiger partial charge in [0, 0.05) is 5.56 Å². The Bertz CT molecular complexity index is 827. The lowest BCUT2D eigenvalue weighted by Crippen LogP contribution is -2.43. The molecule has 1 atom stereocenters. The van der Waals surface area contributed by atoms with Crippen molar-refractivity contribution in [2.45, 2.75) is 174 Å². The van der Waals surface area contributed by atoms with E-state index in [1.54, 1.807) is 13.2 Å². The molecule has 0 fully saturated rings. The lowest BCUT2D eigenvalue weighted by molar-refractivity contribution is -0.000835. The SMILES string of the molecule is CCCCCCCCCCCCCCCCCCC[C@H](CO[Si](C)(C)C(C)(C)C)OCc1ccc(C#N)cc1OC. The second-order valence-corrected chi connectivity index (χ2v) is 18.4. The summed E-state index contributed by atoms with van der Waals surface area (Å²) in [6.07, 6.45) is 24.7. The van der Waals surface area contributed by atoms with E-state index in [0.717, 1.165) is 12.0 Å². The van der Waals surface area contributed by atoms with E-state index >= 15 is 0 Å². The van der Waals surface area contributed by atoms with Gasteiger partial charge in [0.05, 0.1) is 38.1 Å². The van der Waals surface area contributed by atoms with Crippen LogP contribution in [-0.2, 0) is 15.8 Å². The molecule has 0 aliphatic rings. The molecule has 41 heavy (non-hydrogen) atoms. The first-order valence-electron chi connectivity index (χ1n) is 17.0. The summed E-state index contributed by atoms with van der Waals surface area (Å²) in [5, 5.41) is 9.39. The third-order valence-electron chi connectivity index (χ3n) is 8.96. The maximum atomic E-state index is 9.20. The Labute approximate surface area is 256 Å². The van der Waals surface area contributed by atoms with Gasteiger partial charge in [0.2, 0.25) is 0 Å². The zero-order valence-corrected chi connectivity index (χ0v) is 29.1. The molecule has 0 aromatic heterocycles. The van der Waals surface area contributed by atoms with Crippen molar-refractivity contribution >= 4 is 8.32 Å². The molecule has 0 aliphatic carbocycles. The molecule has 0 heterocycles. The van der Waals surface area contributed by atoms with Crippen molar-refractivity contribution in [3.05, 3.63) is 29.3 Å². The molecule has 0 radical (unpaired) electrons. The zero-order valence-electron chi connectivity index (χ0n) is 28.1. The van der Waals surface area contributed by atoms with E-state index in [2.05, 4.69) is 46.9 Å². The lowest BCUT2D eigenvalue weighted by atomic mass is 10.0. The van der Waals surface area contributed by atoms with Gasteiger partial charge in [-0.3, -0.25) is 0 Å². The van der Waals surface area contributed by atoms with Gasteiger partial charge in [-0.15, -0.1) is 0 Å². The summed E-state index contributed by atoms with van der Waals surface area (Å²) >= 11 is 0. The standard InChI is InChI=1S/C36H65NO3Si/c1-8-9-10-11-12-13-14-15-16-17-18-19-20-21-22-23-24-25-34(31-40-41(6,7)36(2,3)4)39-30-33-27-26-32(29-37)28-35(33)38-5/h26-28,34H,8-25,30-31H2,1-7H3/t34-/m1/s1. The van der Waals surface area contributed by atoms with Crippen molar-refractivity contribution in [1.29, 1.82) is 5.26 Å². The van der Waals surface area contributed by atoms with Gasteiger partial charge in [-0.25, -0.2) is 0 Å². The van der Waals surface area contributed by atoms with Gasteiger partial charge in [0.1, 0.15) is 5.75 Å². The predicted octanol–water partition coefficient (Wildman–Crippen LogP) is 11.5.